The lowest BCUT2D eigenvalue weighted by Gasteiger charge is -2.15. The Morgan fingerprint density at radius 3 is 1.04 bits per heavy atom. The van der Waals surface area contributed by atoms with Crippen molar-refractivity contribution in [3.8, 4) is 33.6 Å². The predicted octanol–water partition coefficient (Wildman–Crippen LogP) is 11.8. The smallest absolute Gasteiger partial charge is 0.0580 e. The fourth-order valence-electron chi connectivity index (χ4n) is 7.59. The van der Waals surface area contributed by atoms with Crippen molar-refractivity contribution in [1.29, 1.82) is 0 Å². The van der Waals surface area contributed by atoms with E-state index < -0.39 is 0 Å². The molecule has 0 amide bonds. The number of nitrogens with zero attached hydrogens (tertiary/aromatic N) is 2. The molecule has 2 heterocycles. The molecule has 2 nitrogen and oxygen atoms in total. The molecule has 0 N–H and O–H groups in total. The van der Waals surface area contributed by atoms with Crippen LogP contribution in [0, 0.1) is 13.8 Å². The summed E-state index contributed by atoms with van der Waals surface area (Å²) in [5.41, 5.74) is 14.9. The third-order valence-electron chi connectivity index (χ3n) is 9.68. The lowest BCUT2D eigenvalue weighted by molar-refractivity contribution is 1.16. The van der Waals surface area contributed by atoms with Gasteiger partial charge in [0.15, 0.2) is 0 Å². The Bertz CT molecular complexity index is 2370. The maximum absolute atomic E-state index is 2.47. The van der Waals surface area contributed by atoms with Gasteiger partial charge < -0.3 is 9.13 Å². The molecule has 2 aromatic heterocycles. The summed E-state index contributed by atoms with van der Waals surface area (Å²) in [5, 5.41) is 5.20. The summed E-state index contributed by atoms with van der Waals surface area (Å²) < 4.78 is 4.95. The first-order valence-corrected chi connectivity index (χ1v) is 16.0. The molecule has 0 aliphatic rings. The van der Waals surface area contributed by atoms with Gasteiger partial charge in [0.1, 0.15) is 0 Å². The summed E-state index contributed by atoms with van der Waals surface area (Å²) in [6.45, 7) is 4.63. The van der Waals surface area contributed by atoms with Crippen molar-refractivity contribution < 1.29 is 0 Å². The van der Waals surface area contributed by atoms with E-state index in [1.807, 2.05) is 0 Å². The number of fused-ring (bicyclic) bond motifs is 6. The van der Waals surface area contributed by atoms with Crippen LogP contribution in [0.1, 0.15) is 11.1 Å². The van der Waals surface area contributed by atoms with Gasteiger partial charge in [-0.1, -0.05) is 121 Å². The highest BCUT2D eigenvalue weighted by Crippen LogP contribution is 2.45. The van der Waals surface area contributed by atoms with Crippen LogP contribution in [0.15, 0.2) is 158 Å². The lowest BCUT2D eigenvalue weighted by Crippen LogP contribution is -1.99. The van der Waals surface area contributed by atoms with Crippen LogP contribution in [0.5, 0.6) is 0 Å². The number of rotatable bonds is 4. The second-order valence-electron chi connectivity index (χ2n) is 12.2. The zero-order valence-corrected chi connectivity index (χ0v) is 25.9. The zero-order chi connectivity index (χ0) is 30.8. The van der Waals surface area contributed by atoms with Crippen LogP contribution >= 0.6 is 0 Å². The van der Waals surface area contributed by atoms with E-state index in [0.717, 1.165) is 0 Å². The molecular formula is C44H32N2. The Balaban J connectivity index is 1.34. The number of aromatic nitrogens is 2. The van der Waals surface area contributed by atoms with E-state index in [-0.39, 0.29) is 0 Å². The molecule has 0 unspecified atom stereocenters. The number of para-hydroxylation sites is 2. The number of hydrogen-bond acceptors (Lipinski definition) is 0. The van der Waals surface area contributed by atoms with E-state index in [1.54, 1.807) is 0 Å². The molecule has 2 heteroatoms. The normalized spacial score (nSPS) is 11.7. The fourth-order valence-corrected chi connectivity index (χ4v) is 7.59. The van der Waals surface area contributed by atoms with Crippen molar-refractivity contribution >= 4 is 43.6 Å². The first-order valence-electron chi connectivity index (χ1n) is 16.0. The summed E-state index contributed by atoms with van der Waals surface area (Å²) in [6.07, 6.45) is 0. The van der Waals surface area contributed by atoms with Gasteiger partial charge in [0.2, 0.25) is 0 Å². The van der Waals surface area contributed by atoms with E-state index >= 15 is 0 Å². The van der Waals surface area contributed by atoms with Gasteiger partial charge in [-0.25, -0.2) is 0 Å². The zero-order valence-electron chi connectivity index (χ0n) is 25.9. The van der Waals surface area contributed by atoms with Crippen LogP contribution < -0.4 is 0 Å². The molecule has 0 atom stereocenters. The third-order valence-corrected chi connectivity index (χ3v) is 9.68. The molecule has 0 saturated heterocycles. The summed E-state index contributed by atoms with van der Waals surface area (Å²) in [6, 6.07) is 57.0. The summed E-state index contributed by atoms with van der Waals surface area (Å²) in [7, 11) is 0. The van der Waals surface area contributed by atoms with E-state index in [0.29, 0.717) is 0 Å². The van der Waals surface area contributed by atoms with Crippen molar-refractivity contribution in [2.45, 2.75) is 13.8 Å². The fraction of sp³-hybridized carbons (Fsp3) is 0.0455. The molecule has 7 aromatic carbocycles. The highest BCUT2D eigenvalue weighted by molar-refractivity contribution is 6.23. The summed E-state index contributed by atoms with van der Waals surface area (Å²) in [5.74, 6) is 0. The molecule has 0 saturated carbocycles. The second kappa shape index (κ2) is 10.4. The molecule has 0 radical (unpaired) electrons. The van der Waals surface area contributed by atoms with Crippen LogP contribution in [0.25, 0.3) is 77.2 Å². The van der Waals surface area contributed by atoms with E-state index in [4.69, 9.17) is 0 Å². The van der Waals surface area contributed by atoms with E-state index in [1.165, 1.54) is 88.4 Å². The van der Waals surface area contributed by atoms with Gasteiger partial charge in [0.05, 0.1) is 22.1 Å². The Kier molecular flexibility index (Phi) is 5.97. The Hall–Kier alpha value is -5.86. The minimum absolute atomic E-state index is 1.17. The van der Waals surface area contributed by atoms with E-state index in [2.05, 4.69) is 181 Å². The largest absolute Gasteiger partial charge is 0.309 e. The van der Waals surface area contributed by atoms with Crippen LogP contribution in [-0.4, -0.2) is 9.13 Å². The average molecular weight is 589 g/mol. The minimum Gasteiger partial charge on any atom is -0.309 e. The second-order valence-corrected chi connectivity index (χ2v) is 12.2. The first-order chi connectivity index (χ1) is 22.7. The molecule has 46 heavy (non-hydrogen) atoms. The van der Waals surface area contributed by atoms with Crippen molar-refractivity contribution in [3.05, 3.63) is 169 Å². The Labute approximate surface area is 268 Å². The van der Waals surface area contributed by atoms with Crippen molar-refractivity contribution in [2.75, 3.05) is 0 Å². The Morgan fingerprint density at radius 2 is 0.652 bits per heavy atom. The van der Waals surface area contributed by atoms with Crippen molar-refractivity contribution in [1.82, 2.24) is 9.13 Å². The SMILES string of the molecule is Cc1c2c3ccccc3n(-c3ccc(-c4ccccc4)cc3)c2c(C)c2c3ccccc3n(-c3ccc(-c4ccccc4)cc3)c12. The van der Waals surface area contributed by atoms with Gasteiger partial charge >= 0.3 is 0 Å². The molecule has 9 aromatic rings. The van der Waals surface area contributed by atoms with E-state index in [9.17, 15) is 0 Å². The molecule has 0 aliphatic carbocycles. The van der Waals surface area contributed by atoms with Crippen molar-refractivity contribution in [3.63, 3.8) is 0 Å². The maximum atomic E-state index is 2.47. The lowest BCUT2D eigenvalue weighted by atomic mass is 9.98. The molecule has 0 bridgehead atoms. The predicted molar refractivity (Wildman–Crippen MR) is 195 cm³/mol. The highest BCUT2D eigenvalue weighted by atomic mass is 15.0. The van der Waals surface area contributed by atoms with Crippen LogP contribution in [-0.2, 0) is 0 Å². The van der Waals surface area contributed by atoms with Crippen molar-refractivity contribution in [2.24, 2.45) is 0 Å². The Morgan fingerprint density at radius 1 is 0.326 bits per heavy atom. The molecule has 0 spiro atoms. The topological polar surface area (TPSA) is 9.86 Å². The van der Waals surface area contributed by atoms with Crippen LogP contribution in [0.4, 0.5) is 0 Å². The molecule has 9 rings (SSSR count). The van der Waals surface area contributed by atoms with Gasteiger partial charge in [-0.15, -0.1) is 0 Å². The van der Waals surface area contributed by atoms with Crippen LogP contribution in [0.2, 0.25) is 0 Å². The number of benzene rings is 7. The monoisotopic (exact) mass is 588 g/mol. The first kappa shape index (κ1) is 26.5. The molecule has 0 aliphatic heterocycles. The molecular weight excluding hydrogens is 556 g/mol. The minimum atomic E-state index is 1.17. The number of hydrogen-bond donors (Lipinski definition) is 0. The van der Waals surface area contributed by atoms with Gasteiger partial charge in [-0.3, -0.25) is 0 Å². The van der Waals surface area contributed by atoms with Gasteiger partial charge in [0, 0.05) is 32.9 Å². The quantitative estimate of drug-likeness (QED) is 0.194. The maximum Gasteiger partial charge on any atom is 0.0580 e. The summed E-state index contributed by atoms with van der Waals surface area (Å²) >= 11 is 0. The van der Waals surface area contributed by atoms with Crippen LogP contribution in [0.3, 0.4) is 0 Å². The standard InChI is InChI=1S/C44H32N2/c1-29-41-37-17-9-11-19-39(37)46(36-27-23-34(24-28-36)32-15-7-4-8-16-32)44(41)30(2)42-38-18-10-12-20-40(38)45(43(29)42)35-25-21-33(22-26-35)31-13-5-3-6-14-31/h3-28H,1-2H3. The summed E-state index contributed by atoms with van der Waals surface area (Å²) in [4.78, 5) is 0. The highest BCUT2D eigenvalue weighted by Gasteiger charge is 2.24. The molecule has 0 fully saturated rings. The van der Waals surface area contributed by atoms with Gasteiger partial charge in [0.25, 0.3) is 0 Å². The molecule has 218 valence electrons. The van der Waals surface area contributed by atoms with Gasteiger partial charge in [-0.2, -0.15) is 0 Å². The third kappa shape index (κ3) is 3.90. The van der Waals surface area contributed by atoms with Gasteiger partial charge in [-0.05, 0) is 83.6 Å². The number of aryl methyl sites for hydroxylation is 2. The average Bonchev–Trinajstić information content (AvgIpc) is 3.66.